The molecule has 74 valence electrons. The Morgan fingerprint density at radius 2 is 2.00 bits per heavy atom. The normalized spacial score (nSPS) is 11.0. The van der Waals surface area contributed by atoms with Gasteiger partial charge in [-0.3, -0.25) is 0 Å². The van der Waals surface area contributed by atoms with E-state index in [1.54, 1.807) is 0 Å². The monoisotopic (exact) mass is 188 g/mol. The topological polar surface area (TPSA) is 49.8 Å². The second-order valence-electron chi connectivity index (χ2n) is 4.31. The van der Waals surface area contributed by atoms with Gasteiger partial charge in [0, 0.05) is 0 Å². The highest BCUT2D eigenvalue weighted by molar-refractivity contribution is 5.37. The summed E-state index contributed by atoms with van der Waals surface area (Å²) in [7, 11) is 0. The van der Waals surface area contributed by atoms with E-state index in [1.807, 2.05) is 24.3 Å². The number of hydrogen-bond acceptors (Lipinski definition) is 2. The van der Waals surface area contributed by atoms with Crippen molar-refractivity contribution in [2.24, 2.45) is 11.1 Å². The lowest BCUT2D eigenvalue weighted by Crippen LogP contribution is -2.26. The van der Waals surface area contributed by atoms with Crippen LogP contribution < -0.4 is 5.73 Å². The first-order valence-corrected chi connectivity index (χ1v) is 4.77. The molecular formula is C12H16N2. The summed E-state index contributed by atoms with van der Waals surface area (Å²) in [6, 6.07) is 9.89. The van der Waals surface area contributed by atoms with Gasteiger partial charge in [-0.05, 0) is 30.0 Å². The van der Waals surface area contributed by atoms with Gasteiger partial charge in [-0.2, -0.15) is 5.26 Å². The lowest BCUT2D eigenvalue weighted by molar-refractivity contribution is 0.376. The van der Waals surface area contributed by atoms with Gasteiger partial charge in [0.1, 0.15) is 0 Å². The Morgan fingerprint density at radius 1 is 1.36 bits per heavy atom. The van der Waals surface area contributed by atoms with Crippen molar-refractivity contribution < 1.29 is 0 Å². The van der Waals surface area contributed by atoms with Crippen molar-refractivity contribution in [1.29, 1.82) is 5.26 Å². The van der Waals surface area contributed by atoms with Crippen molar-refractivity contribution in [3.63, 3.8) is 0 Å². The molecule has 2 N–H and O–H groups in total. The fourth-order valence-electron chi connectivity index (χ4n) is 1.37. The fraction of sp³-hybridized carbons (Fsp3) is 0.417. The van der Waals surface area contributed by atoms with Crippen LogP contribution in [0.5, 0.6) is 0 Å². The molecule has 0 aliphatic carbocycles. The summed E-state index contributed by atoms with van der Waals surface area (Å²) in [6.07, 6.45) is 0.854. The number of hydrogen-bond donors (Lipinski definition) is 1. The Morgan fingerprint density at radius 3 is 2.57 bits per heavy atom. The van der Waals surface area contributed by atoms with E-state index in [4.69, 9.17) is 11.0 Å². The predicted molar refractivity (Wildman–Crippen MR) is 57.7 cm³/mol. The number of rotatable bonds is 3. The average molecular weight is 188 g/mol. The maximum atomic E-state index is 8.91. The molecule has 1 aromatic carbocycles. The number of nitrogens with zero attached hydrogens (tertiary/aromatic N) is 1. The Hall–Kier alpha value is -1.33. The number of nitriles is 1. The summed E-state index contributed by atoms with van der Waals surface area (Å²) < 4.78 is 0. The molecule has 0 aliphatic rings. The minimum absolute atomic E-state index is 0.0625. The van der Waals surface area contributed by atoms with E-state index in [1.165, 1.54) is 0 Å². The van der Waals surface area contributed by atoms with Gasteiger partial charge >= 0.3 is 0 Å². The van der Waals surface area contributed by atoms with Gasteiger partial charge in [0.2, 0.25) is 0 Å². The molecule has 0 aliphatic heterocycles. The zero-order valence-corrected chi connectivity index (χ0v) is 8.75. The van der Waals surface area contributed by atoms with Gasteiger partial charge < -0.3 is 5.73 Å². The molecular weight excluding hydrogens is 172 g/mol. The smallest absolute Gasteiger partial charge is 0.0994 e. The van der Waals surface area contributed by atoms with Crippen LogP contribution in [0.1, 0.15) is 25.0 Å². The van der Waals surface area contributed by atoms with Crippen molar-refractivity contribution in [3.05, 3.63) is 35.4 Å². The summed E-state index contributed by atoms with van der Waals surface area (Å²) in [5.41, 5.74) is 7.57. The zero-order valence-electron chi connectivity index (χ0n) is 8.75. The summed E-state index contributed by atoms with van der Waals surface area (Å²) in [5, 5.41) is 8.91. The van der Waals surface area contributed by atoms with Crippen LogP contribution in [0.3, 0.4) is 0 Å². The molecule has 1 aromatic rings. The largest absolute Gasteiger partial charge is 0.330 e. The molecule has 1 rings (SSSR count). The zero-order chi connectivity index (χ0) is 10.6. The van der Waals surface area contributed by atoms with Crippen molar-refractivity contribution in [2.75, 3.05) is 6.54 Å². The van der Waals surface area contributed by atoms with Gasteiger partial charge in [-0.15, -0.1) is 0 Å². The summed E-state index contributed by atoms with van der Waals surface area (Å²) >= 11 is 0. The van der Waals surface area contributed by atoms with Gasteiger partial charge in [-0.1, -0.05) is 32.0 Å². The van der Waals surface area contributed by atoms with E-state index < -0.39 is 0 Å². The molecule has 14 heavy (non-hydrogen) atoms. The van der Waals surface area contributed by atoms with E-state index >= 15 is 0 Å². The first-order valence-electron chi connectivity index (χ1n) is 4.77. The van der Waals surface area contributed by atoms with Crippen LogP contribution in [0.2, 0.25) is 0 Å². The van der Waals surface area contributed by atoms with Crippen LogP contribution in [0.4, 0.5) is 0 Å². The molecule has 0 saturated carbocycles. The fourth-order valence-corrected chi connectivity index (χ4v) is 1.37. The maximum absolute atomic E-state index is 8.91. The molecule has 0 amide bonds. The Labute approximate surface area is 85.4 Å². The first kappa shape index (κ1) is 10.7. The van der Waals surface area contributed by atoms with Crippen LogP contribution in [-0.2, 0) is 6.42 Å². The third-order valence-electron chi connectivity index (χ3n) is 2.36. The van der Waals surface area contributed by atoms with Crippen molar-refractivity contribution in [3.8, 4) is 6.07 Å². The minimum Gasteiger partial charge on any atom is -0.330 e. The van der Waals surface area contributed by atoms with E-state index in [0.717, 1.165) is 17.5 Å². The predicted octanol–water partition coefficient (Wildman–Crippen LogP) is 2.09. The first-order chi connectivity index (χ1) is 6.59. The molecule has 2 nitrogen and oxygen atoms in total. The SMILES string of the molecule is CC(C)(CN)Cc1ccccc1C#N. The third-order valence-corrected chi connectivity index (χ3v) is 2.36. The summed E-state index contributed by atoms with van der Waals surface area (Å²) in [4.78, 5) is 0. The minimum atomic E-state index is 0.0625. The molecule has 2 heteroatoms. The molecule has 0 radical (unpaired) electrons. The van der Waals surface area contributed by atoms with Crippen molar-refractivity contribution >= 4 is 0 Å². The van der Waals surface area contributed by atoms with E-state index in [-0.39, 0.29) is 5.41 Å². The van der Waals surface area contributed by atoms with Crippen molar-refractivity contribution in [1.82, 2.24) is 0 Å². The molecule has 0 bridgehead atoms. The highest BCUT2D eigenvalue weighted by atomic mass is 14.6. The Bertz CT molecular complexity index is 348. The summed E-state index contributed by atoms with van der Waals surface area (Å²) in [5.74, 6) is 0. The maximum Gasteiger partial charge on any atom is 0.0994 e. The van der Waals surface area contributed by atoms with Gasteiger partial charge in [0.05, 0.1) is 11.6 Å². The molecule has 0 heterocycles. The lowest BCUT2D eigenvalue weighted by Gasteiger charge is -2.22. The lowest BCUT2D eigenvalue weighted by atomic mass is 9.84. The molecule has 0 fully saturated rings. The molecule has 0 atom stereocenters. The number of benzene rings is 1. The third kappa shape index (κ3) is 2.58. The van der Waals surface area contributed by atoms with E-state index in [9.17, 15) is 0 Å². The second-order valence-corrected chi connectivity index (χ2v) is 4.31. The van der Waals surface area contributed by atoms with Gasteiger partial charge in [0.25, 0.3) is 0 Å². The quantitative estimate of drug-likeness (QED) is 0.789. The van der Waals surface area contributed by atoms with Gasteiger partial charge in [0.15, 0.2) is 0 Å². The average Bonchev–Trinajstić information content (AvgIpc) is 2.18. The van der Waals surface area contributed by atoms with Crippen molar-refractivity contribution in [2.45, 2.75) is 20.3 Å². The highest BCUT2D eigenvalue weighted by Gasteiger charge is 2.17. The van der Waals surface area contributed by atoms with Crippen LogP contribution in [0.15, 0.2) is 24.3 Å². The van der Waals surface area contributed by atoms with Crippen LogP contribution in [0, 0.1) is 16.7 Å². The van der Waals surface area contributed by atoms with Crippen LogP contribution in [-0.4, -0.2) is 6.54 Å². The summed E-state index contributed by atoms with van der Waals surface area (Å²) in [6.45, 7) is 4.86. The molecule has 0 saturated heterocycles. The highest BCUT2D eigenvalue weighted by Crippen LogP contribution is 2.22. The molecule has 0 unspecified atom stereocenters. The molecule has 0 spiro atoms. The van der Waals surface area contributed by atoms with E-state index in [0.29, 0.717) is 6.54 Å². The van der Waals surface area contributed by atoms with E-state index in [2.05, 4.69) is 19.9 Å². The Balaban J connectivity index is 2.92. The molecule has 0 aromatic heterocycles. The van der Waals surface area contributed by atoms with Crippen LogP contribution in [0.25, 0.3) is 0 Å². The van der Waals surface area contributed by atoms with Crippen LogP contribution >= 0.6 is 0 Å². The van der Waals surface area contributed by atoms with Gasteiger partial charge in [-0.25, -0.2) is 0 Å². The standard InChI is InChI=1S/C12H16N2/c1-12(2,9-14)7-10-5-3-4-6-11(10)8-13/h3-6H,7,9,14H2,1-2H3. The Kier molecular flexibility index (Phi) is 3.27. The number of nitrogens with two attached hydrogens (primary N) is 1. The second kappa shape index (κ2) is 4.26.